The molecular formula is C29H26ClN7O3. The Morgan fingerprint density at radius 2 is 2.05 bits per heavy atom. The number of benzene rings is 2. The molecule has 6 rings (SSSR count). The number of aromatic nitrogens is 5. The molecule has 10 nitrogen and oxygen atoms in total. The third kappa shape index (κ3) is 5.43. The van der Waals surface area contributed by atoms with Crippen molar-refractivity contribution in [1.82, 2.24) is 20.2 Å². The molecule has 2 aliphatic rings. The molecule has 4 aromatic rings. The Morgan fingerprint density at radius 1 is 1.23 bits per heavy atom. The van der Waals surface area contributed by atoms with Gasteiger partial charge in [0.15, 0.2) is 6.20 Å². The number of rotatable bonds is 8. The van der Waals surface area contributed by atoms with Crippen LogP contribution in [0.1, 0.15) is 47.0 Å². The van der Waals surface area contributed by atoms with Gasteiger partial charge < -0.3 is 9.94 Å². The SMILES string of the molecule is [2H]C([2H])([2H])OC(=O)Nc1ccc(C2=CN=C(C(CC3CC3)c3ccc(-c4cc(Cl)ccc4-n4cnnn4)c[n+]3[O-])C2)cc1. The van der Waals surface area contributed by atoms with Crippen LogP contribution in [0.2, 0.25) is 5.02 Å². The number of ether oxygens (including phenoxy) is 1. The van der Waals surface area contributed by atoms with E-state index in [2.05, 4.69) is 25.6 Å². The molecule has 0 radical (unpaired) electrons. The zero-order valence-corrected chi connectivity index (χ0v) is 22.0. The number of anilines is 1. The Hall–Kier alpha value is -4.57. The van der Waals surface area contributed by atoms with Crippen molar-refractivity contribution in [2.75, 3.05) is 12.4 Å². The summed E-state index contributed by atoms with van der Waals surface area (Å²) in [5, 5.41) is 27.9. The Balaban J connectivity index is 1.20. The van der Waals surface area contributed by atoms with Crippen LogP contribution in [0.15, 0.2) is 78.3 Å². The van der Waals surface area contributed by atoms with Crippen LogP contribution in [0, 0.1) is 11.1 Å². The Morgan fingerprint density at radius 3 is 2.77 bits per heavy atom. The molecule has 1 atom stereocenters. The van der Waals surface area contributed by atoms with Gasteiger partial charge in [-0.05, 0) is 70.3 Å². The Labute approximate surface area is 239 Å². The van der Waals surface area contributed by atoms with Crippen LogP contribution in [-0.2, 0) is 4.74 Å². The molecule has 0 spiro atoms. The largest absolute Gasteiger partial charge is 0.618 e. The first-order valence-corrected chi connectivity index (χ1v) is 13.1. The van der Waals surface area contributed by atoms with Crippen molar-refractivity contribution < 1.29 is 18.4 Å². The highest BCUT2D eigenvalue weighted by Crippen LogP contribution is 2.41. The molecule has 1 amide bonds. The van der Waals surface area contributed by atoms with Crippen LogP contribution in [0.3, 0.4) is 0 Å². The predicted molar refractivity (Wildman–Crippen MR) is 151 cm³/mol. The number of halogens is 1. The lowest BCUT2D eigenvalue weighted by Crippen LogP contribution is -2.35. The summed E-state index contributed by atoms with van der Waals surface area (Å²) in [5.41, 5.74) is 5.93. The van der Waals surface area contributed by atoms with E-state index in [1.165, 1.54) is 11.0 Å². The monoisotopic (exact) mass is 558 g/mol. The third-order valence-corrected chi connectivity index (χ3v) is 7.42. The number of methoxy groups -OCH3 is 1. The van der Waals surface area contributed by atoms with Crippen molar-refractivity contribution in [1.29, 1.82) is 0 Å². The van der Waals surface area contributed by atoms with Gasteiger partial charge in [-0.25, -0.2) is 4.79 Å². The molecule has 2 aromatic carbocycles. The van der Waals surface area contributed by atoms with Gasteiger partial charge in [-0.1, -0.05) is 36.6 Å². The lowest BCUT2D eigenvalue weighted by molar-refractivity contribution is -0.614. The second-order valence-electron chi connectivity index (χ2n) is 9.86. The van der Waals surface area contributed by atoms with Crippen molar-refractivity contribution in [3.63, 3.8) is 0 Å². The van der Waals surface area contributed by atoms with E-state index in [1.54, 1.807) is 36.5 Å². The number of aliphatic imine (C=N–C) groups is 1. The molecule has 11 heteroatoms. The van der Waals surface area contributed by atoms with Gasteiger partial charge >= 0.3 is 6.09 Å². The summed E-state index contributed by atoms with van der Waals surface area (Å²) < 4.78 is 27.9. The van der Waals surface area contributed by atoms with E-state index in [9.17, 15) is 10.0 Å². The quantitative estimate of drug-likeness (QED) is 0.223. The van der Waals surface area contributed by atoms with Gasteiger partial charge in [-0.3, -0.25) is 10.3 Å². The van der Waals surface area contributed by atoms with Crippen LogP contribution in [0.25, 0.3) is 22.4 Å². The molecule has 202 valence electrons. The molecular weight excluding hydrogens is 530 g/mol. The Kier molecular flexibility index (Phi) is 6.06. The van der Waals surface area contributed by atoms with Crippen LogP contribution in [0.4, 0.5) is 10.5 Å². The summed E-state index contributed by atoms with van der Waals surface area (Å²) in [6, 6.07) is 16.1. The number of pyridine rings is 1. The highest BCUT2D eigenvalue weighted by Gasteiger charge is 2.34. The number of allylic oxidation sites excluding steroid dienone is 1. The van der Waals surface area contributed by atoms with Crippen molar-refractivity contribution in [3.05, 3.63) is 94.8 Å². The maximum absolute atomic E-state index is 13.5. The summed E-state index contributed by atoms with van der Waals surface area (Å²) in [5.74, 6) is 0.400. The Bertz CT molecular complexity index is 1720. The van der Waals surface area contributed by atoms with E-state index in [0.717, 1.165) is 46.4 Å². The third-order valence-electron chi connectivity index (χ3n) is 7.19. The maximum atomic E-state index is 13.5. The average Bonchev–Trinajstić information content (AvgIpc) is 3.39. The number of amides is 1. The zero-order chi connectivity index (χ0) is 30.1. The summed E-state index contributed by atoms with van der Waals surface area (Å²) in [4.78, 5) is 16.5. The minimum absolute atomic E-state index is 0.151. The molecule has 0 bridgehead atoms. The molecule has 2 aromatic heterocycles. The van der Waals surface area contributed by atoms with Gasteiger partial charge in [0, 0.05) is 46.2 Å². The van der Waals surface area contributed by atoms with Crippen LogP contribution < -0.4 is 10.0 Å². The maximum Gasteiger partial charge on any atom is 0.411 e. The standard InChI is InChI=1S/C29H26ClN7O3/c1-40-29(38)33-23-8-4-19(5-9-23)21-13-26(31-15-21)25(12-18-2-3-18)28-10-6-20(16-37(28)39)24-14-22(30)7-11-27(24)36-17-32-34-35-36/h4-11,14-18,25H,2-3,12-13H2,1H3,(H,33,38)/i1D3. The van der Waals surface area contributed by atoms with Crippen molar-refractivity contribution >= 4 is 34.7 Å². The number of carbonyl (C=O) groups excluding carboxylic acids is 1. The lowest BCUT2D eigenvalue weighted by Gasteiger charge is -2.18. The summed E-state index contributed by atoms with van der Waals surface area (Å²) in [6.07, 6.45) is 7.48. The highest BCUT2D eigenvalue weighted by atomic mass is 35.5. The van der Waals surface area contributed by atoms with Gasteiger partial charge in [0.25, 0.3) is 0 Å². The summed E-state index contributed by atoms with van der Waals surface area (Å²) in [6.45, 7) is 0. The van der Waals surface area contributed by atoms with Crippen molar-refractivity contribution in [3.8, 4) is 16.8 Å². The van der Waals surface area contributed by atoms with Crippen LogP contribution in [-0.4, -0.2) is 39.1 Å². The second-order valence-corrected chi connectivity index (χ2v) is 10.3. The smallest absolute Gasteiger partial charge is 0.411 e. The van der Waals surface area contributed by atoms with Gasteiger partial charge in [-0.2, -0.15) is 9.41 Å². The van der Waals surface area contributed by atoms with E-state index in [-0.39, 0.29) is 5.92 Å². The fourth-order valence-corrected chi connectivity index (χ4v) is 5.17. The molecule has 1 aliphatic heterocycles. The average molecular weight is 559 g/mol. The number of nitrogens with one attached hydrogen (secondary N) is 1. The topological polar surface area (TPSA) is 121 Å². The first-order valence-electron chi connectivity index (χ1n) is 14.3. The number of hydrogen-bond acceptors (Lipinski definition) is 7. The highest BCUT2D eigenvalue weighted by molar-refractivity contribution is 6.31. The summed E-state index contributed by atoms with van der Waals surface area (Å²) in [7, 11) is -2.82. The minimum atomic E-state index is -2.82. The second kappa shape index (κ2) is 10.9. The van der Waals surface area contributed by atoms with E-state index in [1.807, 2.05) is 30.5 Å². The number of nitrogens with zero attached hydrogens (tertiary/aromatic N) is 6. The first kappa shape index (κ1) is 22.3. The van der Waals surface area contributed by atoms with E-state index < -0.39 is 13.1 Å². The molecule has 3 heterocycles. The molecule has 1 aliphatic carbocycles. The molecule has 1 fully saturated rings. The van der Waals surface area contributed by atoms with E-state index >= 15 is 0 Å². The van der Waals surface area contributed by atoms with Crippen molar-refractivity contribution in [2.45, 2.75) is 31.6 Å². The molecule has 1 unspecified atom stereocenters. The van der Waals surface area contributed by atoms with Gasteiger partial charge in [0.05, 0.1) is 22.8 Å². The zero-order valence-electron chi connectivity index (χ0n) is 24.2. The normalized spacial score (nSPS) is 16.8. The van der Waals surface area contributed by atoms with Crippen LogP contribution >= 0.6 is 11.6 Å². The number of hydrogen-bond donors (Lipinski definition) is 1. The summed E-state index contributed by atoms with van der Waals surface area (Å²) >= 11 is 6.31. The fraction of sp³-hybridized carbons (Fsp3) is 0.241. The van der Waals surface area contributed by atoms with E-state index in [0.29, 0.717) is 40.0 Å². The predicted octanol–water partition coefficient (Wildman–Crippen LogP) is 5.56. The minimum Gasteiger partial charge on any atom is -0.618 e. The van der Waals surface area contributed by atoms with Crippen molar-refractivity contribution in [2.24, 2.45) is 10.9 Å². The molecule has 40 heavy (non-hydrogen) atoms. The molecule has 0 saturated heterocycles. The fourth-order valence-electron chi connectivity index (χ4n) is 4.99. The molecule has 1 N–H and O–H groups in total. The van der Waals surface area contributed by atoms with Gasteiger partial charge in [0.1, 0.15) is 6.33 Å². The molecule has 1 saturated carbocycles. The van der Waals surface area contributed by atoms with Gasteiger partial charge in [-0.15, -0.1) is 5.10 Å². The van der Waals surface area contributed by atoms with Gasteiger partial charge in [0.2, 0.25) is 5.69 Å². The first-order chi connectivity index (χ1) is 20.6. The lowest BCUT2D eigenvalue weighted by atomic mass is 9.88. The van der Waals surface area contributed by atoms with E-state index in [4.69, 9.17) is 20.7 Å². The van der Waals surface area contributed by atoms with Crippen LogP contribution in [0.5, 0.6) is 0 Å². The number of carbonyl (C=O) groups is 1. The number of tetrazole rings is 1.